The molecule has 2 aromatic rings. The van der Waals surface area contributed by atoms with E-state index in [2.05, 4.69) is 21.8 Å². The molecule has 1 aliphatic carbocycles. The molecule has 2 fully saturated rings. The van der Waals surface area contributed by atoms with Gasteiger partial charge < -0.3 is 9.88 Å². The third-order valence-electron chi connectivity index (χ3n) is 5.32. The molecular weight excluding hydrogens is 286 g/mol. The van der Waals surface area contributed by atoms with Crippen molar-refractivity contribution in [3.8, 4) is 0 Å². The van der Waals surface area contributed by atoms with E-state index in [9.17, 15) is 4.79 Å². The smallest absolute Gasteiger partial charge is 0.164 e. The zero-order valence-electron chi connectivity index (χ0n) is 13.8. The Morgan fingerprint density at radius 1 is 1.26 bits per heavy atom. The largest absolute Gasteiger partial charge is 0.342 e. The number of likely N-dealkylation sites (tertiary alicyclic amines) is 1. The van der Waals surface area contributed by atoms with Crippen LogP contribution < -0.4 is 0 Å². The highest BCUT2D eigenvalue weighted by Crippen LogP contribution is 2.39. The van der Waals surface area contributed by atoms with Crippen LogP contribution in [0, 0.1) is 5.92 Å². The van der Waals surface area contributed by atoms with Gasteiger partial charge in [0.05, 0.1) is 11.0 Å². The van der Waals surface area contributed by atoms with Crippen molar-refractivity contribution in [1.82, 2.24) is 14.9 Å². The highest BCUT2D eigenvalue weighted by atomic mass is 16.1. The van der Waals surface area contributed by atoms with E-state index in [0.717, 1.165) is 48.0 Å². The minimum absolute atomic E-state index is 0.244. The van der Waals surface area contributed by atoms with Crippen LogP contribution in [-0.2, 0) is 0 Å². The van der Waals surface area contributed by atoms with E-state index < -0.39 is 0 Å². The zero-order valence-corrected chi connectivity index (χ0v) is 13.8. The topological polar surface area (TPSA) is 49.0 Å². The van der Waals surface area contributed by atoms with Crippen molar-refractivity contribution < 1.29 is 4.79 Å². The summed E-state index contributed by atoms with van der Waals surface area (Å²) < 4.78 is 0. The molecule has 4 nitrogen and oxygen atoms in total. The SMILES string of the molecule is CC1CCN(CCC(=O)c2ccc3nc(C4CC4)[nH]c3c2)CC1. The number of aromatic nitrogens is 2. The molecule has 4 heteroatoms. The molecule has 1 N–H and O–H groups in total. The fraction of sp³-hybridized carbons (Fsp3) is 0.579. The monoisotopic (exact) mass is 311 g/mol. The Hall–Kier alpha value is -1.68. The number of H-pyrrole nitrogens is 1. The van der Waals surface area contributed by atoms with Crippen LogP contribution in [0.1, 0.15) is 61.1 Å². The Labute approximate surface area is 137 Å². The van der Waals surface area contributed by atoms with E-state index in [4.69, 9.17) is 0 Å². The molecule has 0 unspecified atom stereocenters. The number of piperidine rings is 1. The summed E-state index contributed by atoms with van der Waals surface area (Å²) in [5.74, 6) is 2.79. The third-order valence-corrected chi connectivity index (χ3v) is 5.32. The van der Waals surface area contributed by atoms with Crippen LogP contribution in [0.5, 0.6) is 0 Å². The summed E-state index contributed by atoms with van der Waals surface area (Å²) in [5.41, 5.74) is 2.80. The van der Waals surface area contributed by atoms with Gasteiger partial charge in [-0.2, -0.15) is 0 Å². The van der Waals surface area contributed by atoms with Crippen LogP contribution in [0.15, 0.2) is 18.2 Å². The van der Waals surface area contributed by atoms with Gasteiger partial charge in [-0.15, -0.1) is 0 Å². The van der Waals surface area contributed by atoms with Crippen LogP contribution >= 0.6 is 0 Å². The summed E-state index contributed by atoms with van der Waals surface area (Å²) in [6.45, 7) is 5.48. The summed E-state index contributed by atoms with van der Waals surface area (Å²) in [5, 5.41) is 0. The maximum absolute atomic E-state index is 12.5. The minimum atomic E-state index is 0.244. The molecule has 2 heterocycles. The maximum atomic E-state index is 12.5. The van der Waals surface area contributed by atoms with E-state index in [0.29, 0.717) is 12.3 Å². The number of benzene rings is 1. The number of nitrogens with zero attached hydrogens (tertiary/aromatic N) is 2. The number of fused-ring (bicyclic) bond motifs is 1. The number of carbonyl (C=O) groups excluding carboxylic acids is 1. The molecule has 23 heavy (non-hydrogen) atoms. The first-order valence-corrected chi connectivity index (χ1v) is 8.94. The van der Waals surface area contributed by atoms with Crippen molar-refractivity contribution in [1.29, 1.82) is 0 Å². The molecule has 0 amide bonds. The lowest BCUT2D eigenvalue weighted by atomic mass is 9.99. The maximum Gasteiger partial charge on any atom is 0.164 e. The second-order valence-electron chi connectivity index (χ2n) is 7.33. The Morgan fingerprint density at radius 2 is 2.04 bits per heavy atom. The van der Waals surface area contributed by atoms with Crippen molar-refractivity contribution in [2.45, 2.75) is 44.9 Å². The molecule has 122 valence electrons. The fourth-order valence-electron chi connectivity index (χ4n) is 3.44. The standard InChI is InChI=1S/C19H25N3O/c1-13-6-9-22(10-7-13)11-8-18(23)15-4-5-16-17(12-15)21-19(20-16)14-2-3-14/h4-5,12-14H,2-3,6-11H2,1H3,(H,20,21). The first kappa shape index (κ1) is 14.9. The third kappa shape index (κ3) is 3.32. The van der Waals surface area contributed by atoms with Gasteiger partial charge in [0.25, 0.3) is 0 Å². The molecule has 1 aromatic heterocycles. The van der Waals surface area contributed by atoms with Gasteiger partial charge in [0.1, 0.15) is 5.82 Å². The Balaban J connectivity index is 1.40. The van der Waals surface area contributed by atoms with Crippen molar-refractivity contribution in [3.63, 3.8) is 0 Å². The Bertz CT molecular complexity index is 708. The van der Waals surface area contributed by atoms with Crippen LogP contribution in [-0.4, -0.2) is 40.3 Å². The number of nitrogens with one attached hydrogen (secondary N) is 1. The van der Waals surface area contributed by atoms with Crippen LogP contribution in [0.3, 0.4) is 0 Å². The number of ketones is 1. The summed E-state index contributed by atoms with van der Waals surface area (Å²) in [6, 6.07) is 5.89. The normalized spacial score (nSPS) is 20.2. The molecule has 0 atom stereocenters. The van der Waals surface area contributed by atoms with Gasteiger partial charge in [0.2, 0.25) is 0 Å². The molecule has 1 saturated heterocycles. The summed E-state index contributed by atoms with van der Waals surface area (Å²) in [7, 11) is 0. The predicted octanol–water partition coefficient (Wildman–Crippen LogP) is 3.75. The lowest BCUT2D eigenvalue weighted by molar-refractivity contribution is 0.0953. The van der Waals surface area contributed by atoms with Crippen molar-refractivity contribution in [2.75, 3.05) is 19.6 Å². The molecule has 0 radical (unpaired) electrons. The summed E-state index contributed by atoms with van der Waals surface area (Å²) in [6.07, 6.45) is 5.61. The van der Waals surface area contributed by atoms with E-state index >= 15 is 0 Å². The second-order valence-corrected chi connectivity index (χ2v) is 7.33. The van der Waals surface area contributed by atoms with E-state index in [1.165, 1.54) is 25.7 Å². The Kier molecular flexibility index (Phi) is 3.93. The number of carbonyl (C=O) groups is 1. The predicted molar refractivity (Wildman–Crippen MR) is 91.9 cm³/mol. The summed E-state index contributed by atoms with van der Waals surface area (Å²) >= 11 is 0. The van der Waals surface area contributed by atoms with Crippen molar-refractivity contribution in [3.05, 3.63) is 29.6 Å². The van der Waals surface area contributed by atoms with E-state index in [-0.39, 0.29) is 5.78 Å². The average molecular weight is 311 g/mol. The molecule has 1 aliphatic heterocycles. The first-order valence-electron chi connectivity index (χ1n) is 8.94. The molecule has 0 spiro atoms. The van der Waals surface area contributed by atoms with Gasteiger partial charge in [-0.25, -0.2) is 4.98 Å². The molecule has 0 bridgehead atoms. The number of imidazole rings is 1. The average Bonchev–Trinajstić information content (AvgIpc) is 3.33. The van der Waals surface area contributed by atoms with Gasteiger partial charge in [0, 0.05) is 24.4 Å². The highest BCUT2D eigenvalue weighted by Gasteiger charge is 2.26. The second kappa shape index (κ2) is 6.08. The van der Waals surface area contributed by atoms with Gasteiger partial charge in [-0.3, -0.25) is 4.79 Å². The number of aromatic amines is 1. The lowest BCUT2D eigenvalue weighted by Gasteiger charge is -2.29. The molecule has 1 saturated carbocycles. The lowest BCUT2D eigenvalue weighted by Crippen LogP contribution is -2.34. The van der Waals surface area contributed by atoms with Gasteiger partial charge in [-0.1, -0.05) is 6.92 Å². The fourth-order valence-corrected chi connectivity index (χ4v) is 3.44. The first-order chi connectivity index (χ1) is 11.2. The number of Topliss-reactive ketones (excluding diaryl/α,β-unsaturated/α-hetero) is 1. The number of rotatable bonds is 5. The van der Waals surface area contributed by atoms with Crippen molar-refractivity contribution in [2.24, 2.45) is 5.92 Å². The van der Waals surface area contributed by atoms with Crippen LogP contribution in [0.2, 0.25) is 0 Å². The quantitative estimate of drug-likeness (QED) is 0.856. The zero-order chi connectivity index (χ0) is 15.8. The van der Waals surface area contributed by atoms with Crippen LogP contribution in [0.4, 0.5) is 0 Å². The molecule has 4 rings (SSSR count). The Morgan fingerprint density at radius 3 is 2.78 bits per heavy atom. The molecular formula is C19H25N3O. The molecule has 2 aliphatic rings. The minimum Gasteiger partial charge on any atom is -0.342 e. The highest BCUT2D eigenvalue weighted by molar-refractivity contribution is 5.99. The van der Waals surface area contributed by atoms with Gasteiger partial charge in [-0.05, 0) is 62.9 Å². The van der Waals surface area contributed by atoms with Gasteiger partial charge >= 0.3 is 0 Å². The van der Waals surface area contributed by atoms with Crippen LogP contribution in [0.25, 0.3) is 11.0 Å². The van der Waals surface area contributed by atoms with Crippen molar-refractivity contribution >= 4 is 16.8 Å². The van der Waals surface area contributed by atoms with E-state index in [1.54, 1.807) is 0 Å². The van der Waals surface area contributed by atoms with E-state index in [1.807, 2.05) is 18.2 Å². The number of hydrogen-bond acceptors (Lipinski definition) is 3. The molecule has 1 aromatic carbocycles. The summed E-state index contributed by atoms with van der Waals surface area (Å²) in [4.78, 5) is 22.9. The van der Waals surface area contributed by atoms with Gasteiger partial charge in [0.15, 0.2) is 5.78 Å². The number of hydrogen-bond donors (Lipinski definition) is 1.